The van der Waals surface area contributed by atoms with Crippen LogP contribution in [-0.4, -0.2) is 29.1 Å². The van der Waals surface area contributed by atoms with E-state index in [0.717, 1.165) is 12.8 Å². The maximum Gasteiger partial charge on any atom is 0.0931 e. The Kier molecular flexibility index (Phi) is 5.07. The summed E-state index contributed by atoms with van der Waals surface area (Å²) in [5.41, 5.74) is 4.78. The second-order valence-corrected chi connectivity index (χ2v) is 9.53. The Morgan fingerprint density at radius 3 is 1.68 bits per heavy atom. The Labute approximate surface area is 154 Å². The molecule has 2 fully saturated rings. The van der Waals surface area contributed by atoms with Crippen molar-refractivity contribution in [3.05, 3.63) is 34.4 Å². The van der Waals surface area contributed by atoms with E-state index in [2.05, 4.69) is 65.6 Å². The maximum absolute atomic E-state index is 11.9. The average Bonchev–Trinajstić information content (AvgIpc) is 2.76. The van der Waals surface area contributed by atoms with Crippen molar-refractivity contribution in [2.24, 2.45) is 0 Å². The van der Waals surface area contributed by atoms with Gasteiger partial charge in [0.15, 0.2) is 0 Å². The predicted octanol–water partition coefficient (Wildman–Crippen LogP) is 5.50. The molecule has 0 radical (unpaired) electrons. The van der Waals surface area contributed by atoms with Gasteiger partial charge in [0.05, 0.1) is 5.60 Å². The number of hydrogen-bond acceptors (Lipinski definition) is 2. The Balaban J connectivity index is 2.17. The quantitative estimate of drug-likeness (QED) is 0.780. The van der Waals surface area contributed by atoms with E-state index in [1.165, 1.54) is 35.1 Å². The first-order chi connectivity index (χ1) is 11.6. The fourth-order valence-electron chi connectivity index (χ4n) is 5.14. The highest BCUT2D eigenvalue weighted by atomic mass is 16.3. The minimum atomic E-state index is -0.660. The molecule has 2 aliphatic heterocycles. The summed E-state index contributed by atoms with van der Waals surface area (Å²) < 4.78 is 0. The molecule has 2 heteroatoms. The van der Waals surface area contributed by atoms with Gasteiger partial charge in [-0.1, -0.05) is 53.7 Å². The van der Waals surface area contributed by atoms with Crippen LogP contribution < -0.4 is 0 Å². The smallest absolute Gasteiger partial charge is 0.0931 e. The molecule has 2 unspecified atom stereocenters. The minimum absolute atomic E-state index is 0.438. The van der Waals surface area contributed by atoms with Gasteiger partial charge in [0.25, 0.3) is 0 Å². The molecule has 3 rings (SSSR count). The molecule has 140 valence electrons. The lowest BCUT2D eigenvalue weighted by atomic mass is 9.72. The van der Waals surface area contributed by atoms with Crippen LogP contribution in [-0.2, 0) is 5.60 Å². The van der Waals surface area contributed by atoms with Crippen molar-refractivity contribution in [1.29, 1.82) is 0 Å². The number of piperidine rings is 1. The number of fused-ring (bicyclic) bond motifs is 2. The van der Waals surface area contributed by atoms with Crippen molar-refractivity contribution >= 4 is 0 Å². The Hall–Kier alpha value is -0.860. The molecule has 0 amide bonds. The standard InChI is InChI=1S/C23H37NO/c1-14(2)17-10-20(15(3)4)22(21(11-17)16(5)6)23(25)12-18-8-9-19(13-23)24(18)7/h10-11,14-16,18-19,25H,8-9,12-13H2,1-7H3. The molecule has 2 heterocycles. The van der Waals surface area contributed by atoms with Crippen molar-refractivity contribution in [3.63, 3.8) is 0 Å². The number of benzene rings is 1. The van der Waals surface area contributed by atoms with Crippen molar-refractivity contribution < 1.29 is 5.11 Å². The van der Waals surface area contributed by atoms with Crippen molar-refractivity contribution in [2.75, 3.05) is 7.05 Å². The zero-order valence-electron chi connectivity index (χ0n) is 17.3. The summed E-state index contributed by atoms with van der Waals surface area (Å²) in [6.07, 6.45) is 4.25. The van der Waals surface area contributed by atoms with E-state index >= 15 is 0 Å². The predicted molar refractivity (Wildman–Crippen MR) is 106 cm³/mol. The molecule has 1 aromatic rings. The molecule has 0 aromatic heterocycles. The number of rotatable bonds is 4. The average molecular weight is 344 g/mol. The van der Waals surface area contributed by atoms with Crippen LogP contribution in [0.1, 0.15) is 107 Å². The molecule has 0 saturated carbocycles. The van der Waals surface area contributed by atoms with E-state index in [1.54, 1.807) is 0 Å². The second-order valence-electron chi connectivity index (χ2n) is 9.53. The summed E-state index contributed by atoms with van der Waals surface area (Å²) in [5, 5.41) is 11.9. The van der Waals surface area contributed by atoms with Crippen LogP contribution in [0.15, 0.2) is 12.1 Å². The lowest BCUT2D eigenvalue weighted by Gasteiger charge is -2.45. The maximum atomic E-state index is 11.9. The number of hydrogen-bond donors (Lipinski definition) is 1. The van der Waals surface area contributed by atoms with Gasteiger partial charge >= 0.3 is 0 Å². The third-order valence-electron chi connectivity index (χ3n) is 6.73. The third kappa shape index (κ3) is 3.28. The van der Waals surface area contributed by atoms with Crippen molar-refractivity contribution in [3.8, 4) is 0 Å². The molecular weight excluding hydrogens is 306 g/mol. The Morgan fingerprint density at radius 1 is 0.880 bits per heavy atom. The van der Waals surface area contributed by atoms with E-state index in [0.29, 0.717) is 29.8 Å². The van der Waals surface area contributed by atoms with Gasteiger partial charge in [-0.05, 0) is 72.7 Å². The highest BCUT2D eigenvalue weighted by Gasteiger charge is 2.48. The molecule has 25 heavy (non-hydrogen) atoms. The number of nitrogens with zero attached hydrogens (tertiary/aromatic N) is 1. The summed E-state index contributed by atoms with van der Waals surface area (Å²) in [7, 11) is 2.25. The van der Waals surface area contributed by atoms with Gasteiger partial charge in [0.2, 0.25) is 0 Å². The van der Waals surface area contributed by atoms with Crippen LogP contribution in [0.5, 0.6) is 0 Å². The zero-order chi connectivity index (χ0) is 18.5. The monoisotopic (exact) mass is 343 g/mol. The van der Waals surface area contributed by atoms with Gasteiger partial charge in [-0.3, -0.25) is 0 Å². The lowest BCUT2D eigenvalue weighted by Crippen LogP contribution is -2.48. The first-order valence-electron chi connectivity index (χ1n) is 10.3. The van der Waals surface area contributed by atoms with Gasteiger partial charge in [0.1, 0.15) is 0 Å². The molecule has 1 aromatic carbocycles. The fourth-order valence-corrected chi connectivity index (χ4v) is 5.14. The minimum Gasteiger partial charge on any atom is -0.385 e. The molecule has 1 N–H and O–H groups in total. The van der Waals surface area contributed by atoms with E-state index in [1.807, 2.05) is 0 Å². The first-order valence-corrected chi connectivity index (χ1v) is 10.3. The lowest BCUT2D eigenvalue weighted by molar-refractivity contribution is -0.0507. The Bertz CT molecular complexity index is 588. The third-order valence-corrected chi connectivity index (χ3v) is 6.73. The van der Waals surface area contributed by atoms with Crippen LogP contribution in [0.2, 0.25) is 0 Å². The van der Waals surface area contributed by atoms with Gasteiger partial charge in [-0.15, -0.1) is 0 Å². The summed E-state index contributed by atoms with van der Waals surface area (Å²) in [5.74, 6) is 1.40. The van der Waals surface area contributed by atoms with Crippen LogP contribution in [0, 0.1) is 0 Å². The normalized spacial score (nSPS) is 30.0. The molecule has 2 atom stereocenters. The Morgan fingerprint density at radius 2 is 1.32 bits per heavy atom. The fraction of sp³-hybridized carbons (Fsp3) is 0.739. The van der Waals surface area contributed by atoms with Gasteiger partial charge < -0.3 is 10.0 Å². The molecular formula is C23H37NO. The molecule has 0 spiro atoms. The summed E-state index contributed by atoms with van der Waals surface area (Å²) in [4.78, 5) is 2.51. The topological polar surface area (TPSA) is 23.5 Å². The summed E-state index contributed by atoms with van der Waals surface area (Å²) >= 11 is 0. The molecule has 2 aliphatic rings. The molecule has 2 saturated heterocycles. The van der Waals surface area contributed by atoms with Gasteiger partial charge in [0, 0.05) is 12.1 Å². The van der Waals surface area contributed by atoms with Gasteiger partial charge in [-0.2, -0.15) is 0 Å². The number of aliphatic hydroxyl groups is 1. The van der Waals surface area contributed by atoms with E-state index in [-0.39, 0.29) is 0 Å². The highest BCUT2D eigenvalue weighted by Crippen LogP contribution is 2.49. The SMILES string of the molecule is CC(C)c1cc(C(C)C)c(C2(O)CC3CCC(C2)N3C)c(C(C)C)c1. The van der Waals surface area contributed by atoms with E-state index in [4.69, 9.17) is 0 Å². The molecule has 2 bridgehead atoms. The zero-order valence-corrected chi connectivity index (χ0v) is 17.3. The second kappa shape index (κ2) is 6.70. The van der Waals surface area contributed by atoms with Gasteiger partial charge in [-0.25, -0.2) is 0 Å². The van der Waals surface area contributed by atoms with Crippen LogP contribution in [0.4, 0.5) is 0 Å². The van der Waals surface area contributed by atoms with Crippen molar-refractivity contribution in [1.82, 2.24) is 4.90 Å². The highest BCUT2D eigenvalue weighted by molar-refractivity contribution is 5.47. The van der Waals surface area contributed by atoms with Crippen molar-refractivity contribution in [2.45, 2.75) is 103 Å². The van der Waals surface area contributed by atoms with Crippen LogP contribution >= 0.6 is 0 Å². The van der Waals surface area contributed by atoms with E-state index in [9.17, 15) is 5.11 Å². The molecule has 0 aliphatic carbocycles. The van der Waals surface area contributed by atoms with Crippen LogP contribution in [0.25, 0.3) is 0 Å². The largest absolute Gasteiger partial charge is 0.385 e. The molecule has 2 nitrogen and oxygen atoms in total. The van der Waals surface area contributed by atoms with Crippen LogP contribution in [0.3, 0.4) is 0 Å². The summed E-state index contributed by atoms with van der Waals surface area (Å²) in [6.45, 7) is 13.7. The summed E-state index contributed by atoms with van der Waals surface area (Å²) in [6, 6.07) is 5.84. The first kappa shape index (κ1) is 18.9. The van der Waals surface area contributed by atoms with E-state index < -0.39 is 5.60 Å².